The predicted octanol–water partition coefficient (Wildman–Crippen LogP) is 3.78. The molecule has 0 spiro atoms. The van der Waals surface area contributed by atoms with Gasteiger partial charge in [0.1, 0.15) is 0 Å². The van der Waals surface area contributed by atoms with Crippen molar-refractivity contribution < 1.29 is 4.79 Å². The van der Waals surface area contributed by atoms with E-state index in [1.54, 1.807) is 12.4 Å². The maximum atomic E-state index is 11.8. The zero-order valence-corrected chi connectivity index (χ0v) is 14.8. The van der Waals surface area contributed by atoms with E-state index < -0.39 is 0 Å². The average molecular weight is 363 g/mol. The van der Waals surface area contributed by atoms with Gasteiger partial charge in [-0.3, -0.25) is 15.2 Å². The third-order valence-corrected chi connectivity index (χ3v) is 4.84. The van der Waals surface area contributed by atoms with Gasteiger partial charge in [-0.25, -0.2) is 4.98 Å². The summed E-state index contributed by atoms with van der Waals surface area (Å²) < 4.78 is 0. The molecule has 4 rings (SSSR count). The Morgan fingerprint density at radius 1 is 1.19 bits per heavy atom. The molecule has 1 amide bonds. The topological polar surface area (TPSA) is 70.5 Å². The number of nitrogens with zero attached hydrogens (tertiary/aromatic N) is 4. The highest BCUT2D eigenvalue weighted by atomic mass is 32.1. The molecule has 0 unspecified atom stereocenters. The molecule has 7 heteroatoms. The van der Waals surface area contributed by atoms with Gasteiger partial charge in [-0.1, -0.05) is 18.2 Å². The van der Waals surface area contributed by atoms with Gasteiger partial charge in [0.05, 0.1) is 17.6 Å². The number of carbonyl (C=O) groups excluding carboxylic acids is 1. The standard InChI is InChI=1S/C19H17N5OS/c25-18-5-3-11-24(18)16-8-6-14(7-9-16)17-13-26-19(22-17)23-21-12-15-4-1-2-10-20-15/h1-2,4,6-10,12-13H,3,5,11H2,(H,22,23)/b21-12+. The van der Waals surface area contributed by atoms with E-state index in [1.807, 2.05) is 52.7 Å². The molecule has 0 bridgehead atoms. The van der Waals surface area contributed by atoms with Crippen LogP contribution in [0.2, 0.25) is 0 Å². The van der Waals surface area contributed by atoms with Crippen molar-refractivity contribution in [3.8, 4) is 11.3 Å². The van der Waals surface area contributed by atoms with Crippen LogP contribution in [0.5, 0.6) is 0 Å². The number of thiazole rings is 1. The van der Waals surface area contributed by atoms with Gasteiger partial charge in [0.2, 0.25) is 11.0 Å². The van der Waals surface area contributed by atoms with E-state index in [0.717, 1.165) is 35.6 Å². The normalized spacial score (nSPS) is 14.3. The van der Waals surface area contributed by atoms with Crippen LogP contribution in [0.15, 0.2) is 59.1 Å². The number of anilines is 2. The molecule has 1 aliphatic heterocycles. The lowest BCUT2D eigenvalue weighted by Crippen LogP contribution is -2.23. The monoisotopic (exact) mass is 363 g/mol. The van der Waals surface area contributed by atoms with E-state index in [2.05, 4.69) is 20.5 Å². The molecule has 1 N–H and O–H groups in total. The summed E-state index contributed by atoms with van der Waals surface area (Å²) in [4.78, 5) is 22.4. The molecule has 2 aromatic heterocycles. The van der Waals surface area contributed by atoms with E-state index in [1.165, 1.54) is 11.3 Å². The molecule has 3 aromatic rings. The molecule has 0 atom stereocenters. The number of hydrogen-bond donors (Lipinski definition) is 1. The molecule has 0 radical (unpaired) electrons. The van der Waals surface area contributed by atoms with E-state index >= 15 is 0 Å². The number of pyridine rings is 1. The SMILES string of the molecule is O=C1CCCN1c1ccc(-c2csc(N/N=C/c3ccccn3)n2)cc1. The first kappa shape index (κ1) is 16.4. The fraction of sp³-hybridized carbons (Fsp3) is 0.158. The first-order chi connectivity index (χ1) is 12.8. The number of nitrogens with one attached hydrogen (secondary N) is 1. The smallest absolute Gasteiger partial charge is 0.227 e. The molecule has 1 aromatic carbocycles. The highest BCUT2D eigenvalue weighted by Gasteiger charge is 2.21. The van der Waals surface area contributed by atoms with Crippen molar-refractivity contribution in [1.29, 1.82) is 0 Å². The second-order valence-corrected chi connectivity index (χ2v) is 6.72. The highest BCUT2D eigenvalue weighted by molar-refractivity contribution is 7.14. The fourth-order valence-corrected chi connectivity index (χ4v) is 3.47. The second kappa shape index (κ2) is 7.45. The molecule has 130 valence electrons. The minimum Gasteiger partial charge on any atom is -0.312 e. The zero-order chi connectivity index (χ0) is 17.8. The number of carbonyl (C=O) groups is 1. The summed E-state index contributed by atoms with van der Waals surface area (Å²) in [6.45, 7) is 0.803. The summed E-state index contributed by atoms with van der Waals surface area (Å²) in [6, 6.07) is 13.6. The van der Waals surface area contributed by atoms with Gasteiger partial charge < -0.3 is 4.90 Å². The molecule has 1 aliphatic rings. The predicted molar refractivity (Wildman–Crippen MR) is 105 cm³/mol. The third kappa shape index (κ3) is 3.62. The van der Waals surface area contributed by atoms with Gasteiger partial charge in [-0.05, 0) is 30.7 Å². The Balaban J connectivity index is 1.42. The average Bonchev–Trinajstić information content (AvgIpc) is 3.32. The van der Waals surface area contributed by atoms with E-state index in [0.29, 0.717) is 11.6 Å². The van der Waals surface area contributed by atoms with Gasteiger partial charge in [-0.2, -0.15) is 5.10 Å². The highest BCUT2D eigenvalue weighted by Crippen LogP contribution is 2.28. The summed E-state index contributed by atoms with van der Waals surface area (Å²) in [5, 5.41) is 6.85. The summed E-state index contributed by atoms with van der Waals surface area (Å²) in [5.74, 6) is 0.198. The van der Waals surface area contributed by atoms with Gasteiger partial charge in [0.15, 0.2) is 0 Å². The first-order valence-corrected chi connectivity index (χ1v) is 9.24. The Morgan fingerprint density at radius 2 is 2.08 bits per heavy atom. The Bertz CT molecular complexity index is 921. The molecule has 3 heterocycles. The molecule has 0 saturated carbocycles. The van der Waals surface area contributed by atoms with Crippen molar-refractivity contribution in [2.24, 2.45) is 5.10 Å². The van der Waals surface area contributed by atoms with Crippen LogP contribution in [0.3, 0.4) is 0 Å². The van der Waals surface area contributed by atoms with Gasteiger partial charge in [0, 0.05) is 35.8 Å². The van der Waals surface area contributed by atoms with E-state index in [-0.39, 0.29) is 5.91 Å². The van der Waals surface area contributed by atoms with E-state index in [9.17, 15) is 4.79 Å². The summed E-state index contributed by atoms with van der Waals surface area (Å²) in [6.07, 6.45) is 4.95. The Labute approximate surface area is 155 Å². The van der Waals surface area contributed by atoms with E-state index in [4.69, 9.17) is 0 Å². The van der Waals surface area contributed by atoms with Gasteiger partial charge >= 0.3 is 0 Å². The molecule has 0 aliphatic carbocycles. The number of aromatic nitrogens is 2. The molecule has 26 heavy (non-hydrogen) atoms. The molecular formula is C19H17N5OS. The largest absolute Gasteiger partial charge is 0.312 e. The number of hydrazone groups is 1. The molecule has 6 nitrogen and oxygen atoms in total. The molecule has 1 saturated heterocycles. The van der Waals surface area contributed by atoms with Crippen LogP contribution in [0, 0.1) is 0 Å². The van der Waals surface area contributed by atoms with Crippen LogP contribution in [0.4, 0.5) is 10.8 Å². The van der Waals surface area contributed by atoms with Crippen molar-refractivity contribution in [1.82, 2.24) is 9.97 Å². The number of hydrogen-bond acceptors (Lipinski definition) is 6. The van der Waals surface area contributed by atoms with Crippen LogP contribution >= 0.6 is 11.3 Å². The maximum absolute atomic E-state index is 11.8. The lowest BCUT2D eigenvalue weighted by Gasteiger charge is -2.15. The van der Waals surface area contributed by atoms with Crippen molar-refractivity contribution >= 4 is 34.3 Å². The number of amides is 1. The number of rotatable bonds is 5. The van der Waals surface area contributed by atoms with Crippen molar-refractivity contribution in [2.75, 3.05) is 16.9 Å². The zero-order valence-electron chi connectivity index (χ0n) is 14.0. The fourth-order valence-electron chi connectivity index (χ4n) is 2.80. The minimum absolute atomic E-state index is 0.198. The van der Waals surface area contributed by atoms with Gasteiger partial charge in [-0.15, -0.1) is 11.3 Å². The Kier molecular flexibility index (Phi) is 4.70. The lowest BCUT2D eigenvalue weighted by atomic mass is 10.1. The first-order valence-electron chi connectivity index (χ1n) is 8.36. The van der Waals surface area contributed by atoms with Crippen LogP contribution in [-0.2, 0) is 4.79 Å². The van der Waals surface area contributed by atoms with Crippen LogP contribution in [0.1, 0.15) is 18.5 Å². The lowest BCUT2D eigenvalue weighted by molar-refractivity contribution is -0.117. The second-order valence-electron chi connectivity index (χ2n) is 5.86. The molecule has 1 fully saturated rings. The van der Waals surface area contributed by atoms with Crippen molar-refractivity contribution in [2.45, 2.75) is 12.8 Å². The van der Waals surface area contributed by atoms with Gasteiger partial charge in [0.25, 0.3) is 0 Å². The minimum atomic E-state index is 0.198. The Morgan fingerprint density at radius 3 is 2.81 bits per heavy atom. The summed E-state index contributed by atoms with van der Waals surface area (Å²) >= 11 is 1.49. The quantitative estimate of drug-likeness (QED) is 0.553. The Hall–Kier alpha value is -3.06. The van der Waals surface area contributed by atoms with Crippen LogP contribution < -0.4 is 10.3 Å². The molecular weight excluding hydrogens is 346 g/mol. The van der Waals surface area contributed by atoms with Crippen LogP contribution in [0.25, 0.3) is 11.3 Å². The van der Waals surface area contributed by atoms with Crippen LogP contribution in [-0.4, -0.2) is 28.6 Å². The number of benzene rings is 1. The van der Waals surface area contributed by atoms with Crippen molar-refractivity contribution in [3.63, 3.8) is 0 Å². The maximum Gasteiger partial charge on any atom is 0.227 e. The summed E-state index contributed by atoms with van der Waals surface area (Å²) in [7, 11) is 0. The third-order valence-electron chi connectivity index (χ3n) is 4.10. The summed E-state index contributed by atoms with van der Waals surface area (Å²) in [5.41, 5.74) is 6.55. The van der Waals surface area contributed by atoms with Crippen molar-refractivity contribution in [3.05, 3.63) is 59.7 Å².